The van der Waals surface area contributed by atoms with E-state index in [4.69, 9.17) is 0 Å². The van der Waals surface area contributed by atoms with Gasteiger partial charge in [0.05, 0.1) is 0 Å². The summed E-state index contributed by atoms with van der Waals surface area (Å²) < 4.78 is 0. The summed E-state index contributed by atoms with van der Waals surface area (Å²) in [6, 6.07) is 0. The maximum absolute atomic E-state index is 3.03. The van der Waals surface area contributed by atoms with Gasteiger partial charge in [-0.05, 0) is 0 Å². The monoisotopic (exact) mass is 452 g/mol. The van der Waals surface area contributed by atoms with Gasteiger partial charge in [0.2, 0.25) is 0 Å². The van der Waals surface area contributed by atoms with Gasteiger partial charge in [0, 0.05) is 90.3 Å². The Hall–Kier alpha value is -0.593. The Balaban J connectivity index is -0.000000107. The number of rotatable bonds is 0. The molecule has 2 radical (unpaired) electrons. The third-order valence-electron chi connectivity index (χ3n) is 2.00. The van der Waals surface area contributed by atoms with Crippen molar-refractivity contribution in [3.8, 4) is 47.4 Å². The fraction of sp³-hybridized carbons (Fsp3) is 0.500. The van der Waals surface area contributed by atoms with Crippen LogP contribution in [0.4, 0.5) is 0 Å². The van der Waals surface area contributed by atoms with E-state index >= 15 is 0 Å². The molecule has 20 heavy (non-hydrogen) atoms. The van der Waals surface area contributed by atoms with Crippen molar-refractivity contribution in [3.63, 3.8) is 0 Å². The van der Waals surface area contributed by atoms with Crippen LogP contribution in [0.1, 0.15) is 51.4 Å². The molecule has 0 aromatic carbocycles. The zero-order valence-corrected chi connectivity index (χ0v) is 14.8. The molecule has 0 aliphatic heterocycles. The van der Waals surface area contributed by atoms with Gasteiger partial charge in [-0.15, -0.1) is 47.4 Å². The van der Waals surface area contributed by atoms with Gasteiger partial charge in [0.1, 0.15) is 0 Å². The molecule has 0 spiro atoms. The molecule has 0 bridgehead atoms. The van der Waals surface area contributed by atoms with Gasteiger partial charge in [-0.25, -0.2) is 0 Å². The SMILES string of the molecule is C1#CCCC#CCC1.C1#CCCC#CCC1.[OH3+].[OH3+].[Rh].[Rh]. The van der Waals surface area contributed by atoms with Crippen LogP contribution in [0.25, 0.3) is 0 Å². The minimum atomic E-state index is 0. The average Bonchev–Trinajstić information content (AvgIpc) is 2.15. The summed E-state index contributed by atoms with van der Waals surface area (Å²) >= 11 is 0. The van der Waals surface area contributed by atoms with E-state index in [1.165, 1.54) is 0 Å². The van der Waals surface area contributed by atoms with Crippen LogP contribution in [0.15, 0.2) is 0 Å². The molecule has 0 aromatic heterocycles. The second-order valence-corrected chi connectivity index (χ2v) is 3.41. The van der Waals surface area contributed by atoms with Gasteiger partial charge in [0.15, 0.2) is 0 Å². The Morgan fingerprint density at radius 2 is 0.400 bits per heavy atom. The molecule has 2 nitrogen and oxygen atoms in total. The molecule has 0 saturated carbocycles. The molecule has 4 heteroatoms. The predicted molar refractivity (Wildman–Crippen MR) is 77.8 cm³/mol. The first-order valence-electron chi connectivity index (χ1n) is 5.83. The van der Waals surface area contributed by atoms with Crippen LogP contribution in [-0.2, 0) is 49.9 Å². The standard InChI is InChI=1S/2C8H8.2H2O.2Rh/c2*1-2-4-6-8-7-5-3-1;;;;/h2*1-2,7-8H2;2*1H2;;/p+2. The van der Waals surface area contributed by atoms with Crippen molar-refractivity contribution in [1.82, 2.24) is 0 Å². The predicted octanol–water partition coefficient (Wildman–Crippen LogP) is 1.29. The first kappa shape index (κ1) is 27.7. The summed E-state index contributed by atoms with van der Waals surface area (Å²) in [5.41, 5.74) is 0. The minimum absolute atomic E-state index is 0. The molecular weight excluding hydrogens is 430 g/mol. The van der Waals surface area contributed by atoms with E-state index in [-0.39, 0.29) is 49.9 Å². The van der Waals surface area contributed by atoms with Crippen LogP contribution in [0.5, 0.6) is 0 Å². The van der Waals surface area contributed by atoms with Gasteiger partial charge in [-0.2, -0.15) is 0 Å². The van der Waals surface area contributed by atoms with Crippen molar-refractivity contribution in [3.05, 3.63) is 0 Å². The van der Waals surface area contributed by atoms with Crippen LogP contribution >= 0.6 is 0 Å². The Morgan fingerprint density at radius 1 is 0.300 bits per heavy atom. The maximum atomic E-state index is 3.03. The molecule has 0 amide bonds. The Labute approximate surface area is 148 Å². The summed E-state index contributed by atoms with van der Waals surface area (Å²) in [5, 5.41) is 0. The summed E-state index contributed by atoms with van der Waals surface area (Å²) in [5.74, 6) is 24.3. The summed E-state index contributed by atoms with van der Waals surface area (Å²) in [7, 11) is 0. The topological polar surface area (TPSA) is 66.0 Å². The van der Waals surface area contributed by atoms with Crippen molar-refractivity contribution in [1.29, 1.82) is 0 Å². The van der Waals surface area contributed by atoms with E-state index in [9.17, 15) is 0 Å². The van der Waals surface area contributed by atoms with Gasteiger partial charge in [0.25, 0.3) is 0 Å². The van der Waals surface area contributed by atoms with Crippen molar-refractivity contribution in [2.24, 2.45) is 0 Å². The van der Waals surface area contributed by atoms with E-state index in [0.717, 1.165) is 51.4 Å². The molecule has 2 aliphatic carbocycles. The van der Waals surface area contributed by atoms with Crippen LogP contribution in [0, 0.1) is 47.4 Å². The number of hydrogen-bond donors (Lipinski definition) is 0. The zero-order chi connectivity index (χ0) is 11.3. The van der Waals surface area contributed by atoms with E-state index in [2.05, 4.69) is 47.4 Å². The summed E-state index contributed by atoms with van der Waals surface area (Å²) in [6.07, 6.45) is 7.72. The second-order valence-electron chi connectivity index (χ2n) is 3.41. The fourth-order valence-electron chi connectivity index (χ4n) is 1.21. The summed E-state index contributed by atoms with van der Waals surface area (Å²) in [4.78, 5) is 0. The average molecular weight is 452 g/mol. The molecule has 0 heterocycles. The molecule has 0 saturated heterocycles. The van der Waals surface area contributed by atoms with E-state index in [1.807, 2.05) is 0 Å². The summed E-state index contributed by atoms with van der Waals surface area (Å²) in [6.45, 7) is 0. The minimum Gasteiger partial charge on any atom is -0.457 e. The Morgan fingerprint density at radius 3 is 0.500 bits per heavy atom. The molecule has 2 aliphatic rings. The quantitative estimate of drug-likeness (QED) is 0.302. The normalized spacial score (nSPS) is 12.8. The molecule has 0 atom stereocenters. The molecule has 6 N–H and O–H groups in total. The van der Waals surface area contributed by atoms with Crippen molar-refractivity contribution < 1.29 is 49.9 Å². The van der Waals surface area contributed by atoms with Gasteiger partial charge >= 0.3 is 0 Å². The first-order chi connectivity index (χ1) is 8.00. The molecule has 0 fully saturated rings. The van der Waals surface area contributed by atoms with Crippen molar-refractivity contribution in [2.75, 3.05) is 0 Å². The third kappa shape index (κ3) is 19.7. The fourth-order valence-corrected chi connectivity index (χ4v) is 1.21. The molecular formula is C16H22O2Rh2+2. The van der Waals surface area contributed by atoms with E-state index < -0.39 is 0 Å². The zero-order valence-electron chi connectivity index (χ0n) is 11.5. The van der Waals surface area contributed by atoms with Crippen molar-refractivity contribution >= 4 is 0 Å². The van der Waals surface area contributed by atoms with Gasteiger partial charge < -0.3 is 11.0 Å². The Bertz CT molecular complexity index is 322. The molecule has 0 unspecified atom stereocenters. The van der Waals surface area contributed by atoms with E-state index in [1.54, 1.807) is 0 Å². The van der Waals surface area contributed by atoms with Crippen LogP contribution in [0.3, 0.4) is 0 Å². The van der Waals surface area contributed by atoms with Crippen molar-refractivity contribution in [2.45, 2.75) is 51.4 Å². The third-order valence-corrected chi connectivity index (χ3v) is 2.00. The van der Waals surface area contributed by atoms with Crippen LogP contribution in [0.2, 0.25) is 0 Å². The maximum Gasteiger partial charge on any atom is 0.0198 e. The molecule has 0 aromatic rings. The first-order valence-corrected chi connectivity index (χ1v) is 5.83. The Kier molecular flexibility index (Phi) is 32.5. The largest absolute Gasteiger partial charge is 0.457 e. The number of hydrogen-bond acceptors (Lipinski definition) is 0. The van der Waals surface area contributed by atoms with Gasteiger partial charge in [-0.3, -0.25) is 0 Å². The van der Waals surface area contributed by atoms with Crippen LogP contribution in [-0.4, -0.2) is 0 Å². The second kappa shape index (κ2) is 23.5. The van der Waals surface area contributed by atoms with Crippen LogP contribution < -0.4 is 0 Å². The molecule has 114 valence electrons. The smallest absolute Gasteiger partial charge is 0.0198 e. The molecule has 2 rings (SSSR count). The van der Waals surface area contributed by atoms with Gasteiger partial charge in [-0.1, -0.05) is 0 Å². The van der Waals surface area contributed by atoms with E-state index in [0.29, 0.717) is 0 Å².